The molecule has 1 N–H and O–H groups in total. The molecule has 1 heterocycles. The van der Waals surface area contributed by atoms with Crippen LogP contribution in [0.1, 0.15) is 16.1 Å². The van der Waals surface area contributed by atoms with E-state index in [9.17, 15) is 4.79 Å². The van der Waals surface area contributed by atoms with Gasteiger partial charge in [0.1, 0.15) is 6.07 Å². The number of nitrogens with one attached hydrogen (secondary N) is 1. The third kappa shape index (κ3) is 2.41. The topological polar surface area (TPSA) is 70.7 Å². The molecule has 0 unspecified atom stereocenters. The summed E-state index contributed by atoms with van der Waals surface area (Å²) in [7, 11) is 1.49. The van der Waals surface area contributed by atoms with Gasteiger partial charge in [-0.1, -0.05) is 23.2 Å². The van der Waals surface area contributed by atoms with Crippen molar-refractivity contribution in [2.45, 2.75) is 0 Å². The lowest BCUT2D eigenvalue weighted by Crippen LogP contribution is -2.18. The quantitative estimate of drug-likeness (QED) is 0.924. The molecule has 2 aromatic rings. The van der Waals surface area contributed by atoms with E-state index in [0.717, 1.165) is 0 Å². The standard InChI is InChI=1S/C12H8Cl2N4O/c1-16-12(19)8-6-17-18(11(8)5-15)7-2-3-9(13)10(14)4-7/h2-4,6H,1H3,(H,16,19). The zero-order valence-electron chi connectivity index (χ0n) is 9.82. The molecule has 0 aliphatic rings. The van der Waals surface area contributed by atoms with Crippen molar-refractivity contribution in [3.05, 3.63) is 45.7 Å². The Balaban J connectivity index is 2.57. The number of nitrogens with zero attached hydrogens (tertiary/aromatic N) is 3. The van der Waals surface area contributed by atoms with Crippen LogP contribution >= 0.6 is 23.2 Å². The van der Waals surface area contributed by atoms with Crippen molar-refractivity contribution in [1.82, 2.24) is 15.1 Å². The average Bonchev–Trinajstić information content (AvgIpc) is 2.84. The molecule has 0 atom stereocenters. The van der Waals surface area contributed by atoms with Crippen LogP contribution in [0.3, 0.4) is 0 Å². The van der Waals surface area contributed by atoms with E-state index in [4.69, 9.17) is 28.5 Å². The van der Waals surface area contributed by atoms with Crippen molar-refractivity contribution in [3.8, 4) is 11.8 Å². The third-order valence-corrected chi connectivity index (χ3v) is 3.23. The van der Waals surface area contributed by atoms with Crippen molar-refractivity contribution in [1.29, 1.82) is 5.26 Å². The molecule has 1 amide bonds. The molecular weight excluding hydrogens is 287 g/mol. The molecule has 0 radical (unpaired) electrons. The molecule has 1 aromatic carbocycles. The molecule has 96 valence electrons. The molecule has 0 saturated heterocycles. The van der Waals surface area contributed by atoms with E-state index in [1.165, 1.54) is 17.9 Å². The highest BCUT2D eigenvalue weighted by Gasteiger charge is 2.17. The summed E-state index contributed by atoms with van der Waals surface area (Å²) in [6.45, 7) is 0. The molecule has 0 aliphatic carbocycles. The predicted molar refractivity (Wildman–Crippen MR) is 71.7 cm³/mol. The summed E-state index contributed by atoms with van der Waals surface area (Å²) >= 11 is 11.7. The molecule has 0 spiro atoms. The maximum Gasteiger partial charge on any atom is 0.255 e. The molecular formula is C12H8Cl2N4O. The zero-order chi connectivity index (χ0) is 14.0. The monoisotopic (exact) mass is 294 g/mol. The first-order valence-electron chi connectivity index (χ1n) is 5.24. The number of halogens is 2. The van der Waals surface area contributed by atoms with E-state index >= 15 is 0 Å². The van der Waals surface area contributed by atoms with Crippen LogP contribution in [0.5, 0.6) is 0 Å². The Kier molecular flexibility index (Phi) is 3.74. The number of carbonyl (C=O) groups excluding carboxylic acids is 1. The fraction of sp³-hybridized carbons (Fsp3) is 0.0833. The van der Waals surface area contributed by atoms with E-state index in [1.807, 2.05) is 6.07 Å². The summed E-state index contributed by atoms with van der Waals surface area (Å²) in [6, 6.07) is 6.79. The summed E-state index contributed by atoms with van der Waals surface area (Å²) < 4.78 is 1.34. The number of rotatable bonds is 2. The van der Waals surface area contributed by atoms with Gasteiger partial charge in [0.05, 0.1) is 27.5 Å². The van der Waals surface area contributed by atoms with Crippen LogP contribution in [-0.4, -0.2) is 22.7 Å². The van der Waals surface area contributed by atoms with E-state index in [0.29, 0.717) is 15.7 Å². The number of hydrogen-bond donors (Lipinski definition) is 1. The smallest absolute Gasteiger partial charge is 0.255 e. The number of amides is 1. The zero-order valence-corrected chi connectivity index (χ0v) is 11.3. The highest BCUT2D eigenvalue weighted by atomic mass is 35.5. The van der Waals surface area contributed by atoms with Gasteiger partial charge in [0, 0.05) is 7.05 Å². The molecule has 2 rings (SSSR count). The van der Waals surface area contributed by atoms with Gasteiger partial charge < -0.3 is 5.32 Å². The minimum atomic E-state index is -0.372. The number of carbonyl (C=O) groups is 1. The Morgan fingerprint density at radius 2 is 2.16 bits per heavy atom. The van der Waals surface area contributed by atoms with Gasteiger partial charge in [-0.05, 0) is 18.2 Å². The van der Waals surface area contributed by atoms with Gasteiger partial charge in [-0.3, -0.25) is 4.79 Å². The minimum Gasteiger partial charge on any atom is -0.355 e. The van der Waals surface area contributed by atoms with Crippen LogP contribution in [0, 0.1) is 11.3 Å². The van der Waals surface area contributed by atoms with E-state index < -0.39 is 0 Å². The SMILES string of the molecule is CNC(=O)c1cnn(-c2ccc(Cl)c(Cl)c2)c1C#N. The number of benzene rings is 1. The number of aromatic nitrogens is 2. The Labute approximate surface area is 119 Å². The van der Waals surface area contributed by atoms with E-state index in [1.54, 1.807) is 18.2 Å². The fourth-order valence-electron chi connectivity index (χ4n) is 1.57. The Morgan fingerprint density at radius 3 is 2.74 bits per heavy atom. The van der Waals surface area contributed by atoms with E-state index in [-0.39, 0.29) is 17.2 Å². The highest BCUT2D eigenvalue weighted by molar-refractivity contribution is 6.42. The van der Waals surface area contributed by atoms with Crippen molar-refractivity contribution in [2.75, 3.05) is 7.05 Å². The van der Waals surface area contributed by atoms with Gasteiger partial charge in [-0.15, -0.1) is 0 Å². The van der Waals surface area contributed by atoms with Gasteiger partial charge in [0.15, 0.2) is 5.69 Å². The fourth-order valence-corrected chi connectivity index (χ4v) is 1.86. The lowest BCUT2D eigenvalue weighted by molar-refractivity contribution is 0.0963. The van der Waals surface area contributed by atoms with Gasteiger partial charge in [0.2, 0.25) is 0 Å². The first-order valence-corrected chi connectivity index (χ1v) is 5.99. The Morgan fingerprint density at radius 1 is 1.42 bits per heavy atom. The van der Waals surface area contributed by atoms with Crippen molar-refractivity contribution in [3.63, 3.8) is 0 Å². The normalized spacial score (nSPS) is 10.0. The number of hydrogen-bond acceptors (Lipinski definition) is 3. The second kappa shape index (κ2) is 5.31. The molecule has 0 bridgehead atoms. The molecule has 7 heteroatoms. The van der Waals surface area contributed by atoms with Crippen LogP contribution in [0.2, 0.25) is 10.0 Å². The lowest BCUT2D eigenvalue weighted by Gasteiger charge is -2.05. The van der Waals surface area contributed by atoms with Gasteiger partial charge in [-0.2, -0.15) is 10.4 Å². The molecule has 19 heavy (non-hydrogen) atoms. The van der Waals surface area contributed by atoms with Gasteiger partial charge in [0.25, 0.3) is 5.91 Å². The second-order valence-corrected chi connectivity index (χ2v) is 4.42. The van der Waals surface area contributed by atoms with Crippen molar-refractivity contribution >= 4 is 29.1 Å². The lowest BCUT2D eigenvalue weighted by atomic mass is 10.2. The molecule has 5 nitrogen and oxygen atoms in total. The van der Waals surface area contributed by atoms with Crippen LogP contribution < -0.4 is 5.32 Å². The minimum absolute atomic E-state index is 0.137. The van der Waals surface area contributed by atoms with E-state index in [2.05, 4.69) is 10.4 Å². The third-order valence-electron chi connectivity index (χ3n) is 2.49. The van der Waals surface area contributed by atoms with Gasteiger partial charge >= 0.3 is 0 Å². The first kappa shape index (κ1) is 13.4. The molecule has 0 fully saturated rings. The molecule has 0 saturated carbocycles. The summed E-state index contributed by atoms with van der Waals surface area (Å²) in [6.07, 6.45) is 1.33. The second-order valence-electron chi connectivity index (χ2n) is 3.61. The Bertz CT molecular complexity index is 688. The Hall–Kier alpha value is -2.03. The van der Waals surface area contributed by atoms with Crippen LogP contribution in [0.4, 0.5) is 0 Å². The molecule has 0 aliphatic heterocycles. The van der Waals surface area contributed by atoms with Crippen molar-refractivity contribution < 1.29 is 4.79 Å². The summed E-state index contributed by atoms with van der Waals surface area (Å²) in [5.74, 6) is -0.372. The largest absolute Gasteiger partial charge is 0.355 e. The summed E-state index contributed by atoms with van der Waals surface area (Å²) in [5.41, 5.74) is 0.898. The average molecular weight is 295 g/mol. The maximum absolute atomic E-state index is 11.6. The first-order chi connectivity index (χ1) is 9.08. The highest BCUT2D eigenvalue weighted by Crippen LogP contribution is 2.25. The van der Waals surface area contributed by atoms with Crippen LogP contribution in [-0.2, 0) is 0 Å². The number of nitriles is 1. The summed E-state index contributed by atoms with van der Waals surface area (Å²) in [5, 5.41) is 16.4. The predicted octanol–water partition coefficient (Wildman–Crippen LogP) is 2.41. The van der Waals surface area contributed by atoms with Crippen LogP contribution in [0.15, 0.2) is 24.4 Å². The summed E-state index contributed by atoms with van der Waals surface area (Å²) in [4.78, 5) is 11.6. The van der Waals surface area contributed by atoms with Crippen molar-refractivity contribution in [2.24, 2.45) is 0 Å². The maximum atomic E-state index is 11.6. The van der Waals surface area contributed by atoms with Gasteiger partial charge in [-0.25, -0.2) is 4.68 Å². The molecule has 1 aromatic heterocycles. The van der Waals surface area contributed by atoms with Crippen LogP contribution in [0.25, 0.3) is 5.69 Å².